The second-order valence-corrected chi connectivity index (χ2v) is 3.28. The van der Waals surface area contributed by atoms with Gasteiger partial charge in [-0.25, -0.2) is 15.0 Å². The highest BCUT2D eigenvalue weighted by atomic mass is 15.4. The zero-order valence-corrected chi connectivity index (χ0v) is 8.28. The van der Waals surface area contributed by atoms with Crippen molar-refractivity contribution in [3.05, 3.63) is 36.8 Å². The molecule has 1 aromatic carbocycles. The molecule has 2 heterocycles. The average Bonchev–Trinajstić information content (AvgIpc) is 2.75. The Kier molecular flexibility index (Phi) is 1.79. The molecular weight excluding hydrogens is 204 g/mol. The molecule has 0 fully saturated rings. The van der Waals surface area contributed by atoms with E-state index in [0.29, 0.717) is 5.95 Å². The monoisotopic (exact) mass is 212 g/mol. The second kappa shape index (κ2) is 3.27. The van der Waals surface area contributed by atoms with Crippen LogP contribution in [0.5, 0.6) is 0 Å². The first kappa shape index (κ1) is 8.78. The molecule has 0 saturated heterocycles. The van der Waals surface area contributed by atoms with Gasteiger partial charge in [-0.3, -0.25) is 0 Å². The molecule has 0 aliphatic rings. The molecule has 3 aromatic rings. The van der Waals surface area contributed by atoms with E-state index >= 15 is 0 Å². The predicted molar refractivity (Wildman–Crippen MR) is 58.9 cm³/mol. The van der Waals surface area contributed by atoms with Crippen LogP contribution in [0.15, 0.2) is 36.8 Å². The molecule has 0 amide bonds. The fourth-order valence-corrected chi connectivity index (χ4v) is 1.45. The Balaban J connectivity index is 2.18. The minimum atomic E-state index is 0.205. The molecule has 0 atom stereocenters. The van der Waals surface area contributed by atoms with Gasteiger partial charge in [0.2, 0.25) is 5.95 Å². The van der Waals surface area contributed by atoms with Gasteiger partial charge in [0.25, 0.3) is 5.95 Å². The predicted octanol–water partition coefficient (Wildman–Crippen LogP) is 0.793. The lowest BCUT2D eigenvalue weighted by atomic mass is 10.2. The van der Waals surface area contributed by atoms with Crippen molar-refractivity contribution in [1.29, 1.82) is 0 Å². The number of rotatable bonds is 1. The number of para-hydroxylation sites is 1. The second-order valence-electron chi connectivity index (χ2n) is 3.28. The van der Waals surface area contributed by atoms with E-state index in [4.69, 9.17) is 5.73 Å². The molecule has 6 nitrogen and oxygen atoms in total. The van der Waals surface area contributed by atoms with E-state index in [1.165, 1.54) is 11.0 Å². The van der Waals surface area contributed by atoms with E-state index in [1.54, 1.807) is 6.20 Å². The zero-order valence-electron chi connectivity index (χ0n) is 8.28. The molecule has 0 saturated carbocycles. The molecule has 0 unspecified atom stereocenters. The fourth-order valence-electron chi connectivity index (χ4n) is 1.45. The van der Waals surface area contributed by atoms with Crippen LogP contribution in [0.4, 0.5) is 5.95 Å². The molecule has 0 aliphatic carbocycles. The van der Waals surface area contributed by atoms with Gasteiger partial charge in [0, 0.05) is 11.6 Å². The maximum absolute atomic E-state index is 5.43. The van der Waals surface area contributed by atoms with E-state index < -0.39 is 0 Å². The van der Waals surface area contributed by atoms with Crippen LogP contribution in [0.25, 0.3) is 16.9 Å². The summed E-state index contributed by atoms with van der Waals surface area (Å²) in [6, 6.07) is 7.74. The number of anilines is 1. The van der Waals surface area contributed by atoms with Crippen molar-refractivity contribution >= 4 is 16.9 Å². The van der Waals surface area contributed by atoms with Crippen LogP contribution in [0, 0.1) is 0 Å². The van der Waals surface area contributed by atoms with Crippen LogP contribution in [0.1, 0.15) is 0 Å². The van der Waals surface area contributed by atoms with Crippen LogP contribution in [0.2, 0.25) is 0 Å². The molecule has 78 valence electrons. The summed E-state index contributed by atoms with van der Waals surface area (Å²) in [6.45, 7) is 0. The van der Waals surface area contributed by atoms with Crippen LogP contribution in [-0.4, -0.2) is 24.7 Å². The Morgan fingerprint density at radius 3 is 2.81 bits per heavy atom. The summed E-state index contributed by atoms with van der Waals surface area (Å²) in [5.41, 5.74) is 6.29. The first-order valence-electron chi connectivity index (χ1n) is 4.72. The first-order valence-corrected chi connectivity index (χ1v) is 4.72. The smallest absolute Gasteiger partial charge is 0.252 e. The standard InChI is InChI=1S/C10H8N6/c11-9-13-6-16(15-9)10-12-5-7-3-1-2-4-8(7)14-10/h1-6H,(H2,11,15). The summed E-state index contributed by atoms with van der Waals surface area (Å²) in [5.74, 6) is 0.666. The minimum Gasteiger partial charge on any atom is -0.366 e. The lowest BCUT2D eigenvalue weighted by Crippen LogP contribution is -2.02. The number of benzene rings is 1. The van der Waals surface area contributed by atoms with Crippen molar-refractivity contribution < 1.29 is 0 Å². The Hall–Kier alpha value is -2.50. The lowest BCUT2D eigenvalue weighted by molar-refractivity contribution is 0.817. The third kappa shape index (κ3) is 1.36. The summed E-state index contributed by atoms with van der Waals surface area (Å²) in [4.78, 5) is 12.4. The minimum absolute atomic E-state index is 0.205. The summed E-state index contributed by atoms with van der Waals surface area (Å²) in [7, 11) is 0. The highest BCUT2D eigenvalue weighted by Crippen LogP contribution is 2.11. The van der Waals surface area contributed by atoms with Gasteiger partial charge in [-0.15, -0.1) is 5.10 Å². The Labute approximate surface area is 90.8 Å². The Morgan fingerprint density at radius 1 is 1.12 bits per heavy atom. The molecule has 0 radical (unpaired) electrons. The number of fused-ring (bicyclic) bond motifs is 1. The van der Waals surface area contributed by atoms with Crippen LogP contribution >= 0.6 is 0 Å². The third-order valence-corrected chi connectivity index (χ3v) is 2.19. The van der Waals surface area contributed by atoms with E-state index in [9.17, 15) is 0 Å². The van der Waals surface area contributed by atoms with Gasteiger partial charge < -0.3 is 5.73 Å². The van der Waals surface area contributed by atoms with E-state index in [2.05, 4.69) is 20.1 Å². The summed E-state index contributed by atoms with van der Waals surface area (Å²) in [6.07, 6.45) is 3.23. The molecule has 16 heavy (non-hydrogen) atoms. The molecule has 2 N–H and O–H groups in total. The van der Waals surface area contributed by atoms with E-state index in [0.717, 1.165) is 10.9 Å². The van der Waals surface area contributed by atoms with Gasteiger partial charge in [0.1, 0.15) is 6.33 Å². The highest BCUT2D eigenvalue weighted by Gasteiger charge is 2.03. The fraction of sp³-hybridized carbons (Fsp3) is 0. The van der Waals surface area contributed by atoms with Gasteiger partial charge in [0.15, 0.2) is 0 Å². The number of nitrogens with two attached hydrogens (primary N) is 1. The largest absolute Gasteiger partial charge is 0.366 e. The molecule has 0 bridgehead atoms. The molecule has 0 aliphatic heterocycles. The molecule has 3 rings (SSSR count). The van der Waals surface area contributed by atoms with Crippen LogP contribution in [-0.2, 0) is 0 Å². The molecular formula is C10H8N6. The molecule has 0 spiro atoms. The summed E-state index contributed by atoms with van der Waals surface area (Å²) < 4.78 is 1.45. The number of aromatic nitrogens is 5. The van der Waals surface area contributed by atoms with Crippen molar-refractivity contribution in [2.24, 2.45) is 0 Å². The van der Waals surface area contributed by atoms with E-state index in [-0.39, 0.29) is 5.95 Å². The van der Waals surface area contributed by atoms with Gasteiger partial charge in [-0.2, -0.15) is 4.68 Å². The Morgan fingerprint density at radius 2 is 2.00 bits per heavy atom. The summed E-state index contributed by atoms with van der Waals surface area (Å²) in [5, 5.41) is 4.93. The topological polar surface area (TPSA) is 82.5 Å². The highest BCUT2D eigenvalue weighted by molar-refractivity contribution is 5.77. The third-order valence-electron chi connectivity index (χ3n) is 2.19. The van der Waals surface area contributed by atoms with E-state index in [1.807, 2.05) is 24.3 Å². The summed E-state index contributed by atoms with van der Waals surface area (Å²) >= 11 is 0. The number of nitrogen functional groups attached to an aromatic ring is 1. The average molecular weight is 212 g/mol. The Bertz CT molecular complexity index is 644. The van der Waals surface area contributed by atoms with Crippen molar-refractivity contribution in [2.75, 3.05) is 5.73 Å². The van der Waals surface area contributed by atoms with Gasteiger partial charge in [-0.1, -0.05) is 18.2 Å². The van der Waals surface area contributed by atoms with Crippen molar-refractivity contribution in [1.82, 2.24) is 24.7 Å². The van der Waals surface area contributed by atoms with Crippen molar-refractivity contribution in [3.63, 3.8) is 0 Å². The molecule has 2 aromatic heterocycles. The van der Waals surface area contributed by atoms with Gasteiger partial charge in [-0.05, 0) is 6.07 Å². The number of nitrogens with zero attached hydrogens (tertiary/aromatic N) is 5. The number of hydrogen-bond donors (Lipinski definition) is 1. The van der Waals surface area contributed by atoms with Crippen molar-refractivity contribution in [3.8, 4) is 5.95 Å². The first-order chi connectivity index (χ1) is 7.83. The zero-order chi connectivity index (χ0) is 11.0. The SMILES string of the molecule is Nc1ncn(-c2ncc3ccccc3n2)n1. The van der Waals surface area contributed by atoms with Crippen LogP contribution < -0.4 is 5.73 Å². The van der Waals surface area contributed by atoms with Crippen molar-refractivity contribution in [2.45, 2.75) is 0 Å². The maximum atomic E-state index is 5.43. The van der Waals surface area contributed by atoms with Crippen LogP contribution in [0.3, 0.4) is 0 Å². The normalized spacial score (nSPS) is 10.8. The number of hydrogen-bond acceptors (Lipinski definition) is 5. The lowest BCUT2D eigenvalue weighted by Gasteiger charge is -2.00. The van der Waals surface area contributed by atoms with Gasteiger partial charge >= 0.3 is 0 Å². The van der Waals surface area contributed by atoms with Gasteiger partial charge in [0.05, 0.1) is 5.52 Å². The quantitative estimate of drug-likeness (QED) is 0.644. The maximum Gasteiger partial charge on any atom is 0.252 e. The molecule has 6 heteroatoms.